The SMILES string of the molecule is COc1ccc(Cl)c(/C(O)=C2\C(=O)C(=O)N(c3ccc(F)cc3)C2c2ccc(O)c([N+](=O)[O-])c2)c1. The van der Waals surface area contributed by atoms with Crippen LogP contribution in [-0.2, 0) is 9.59 Å². The number of nitrogens with zero attached hydrogens (tertiary/aromatic N) is 2. The van der Waals surface area contributed by atoms with Gasteiger partial charge in [0.05, 0.1) is 28.7 Å². The van der Waals surface area contributed by atoms with Gasteiger partial charge in [0, 0.05) is 17.3 Å². The molecule has 1 unspecified atom stereocenters. The molecule has 4 rings (SSSR count). The molecule has 2 N–H and O–H groups in total. The molecule has 1 heterocycles. The van der Waals surface area contributed by atoms with Crippen molar-refractivity contribution >= 4 is 40.4 Å². The van der Waals surface area contributed by atoms with Crippen LogP contribution in [0.5, 0.6) is 11.5 Å². The molecule has 0 radical (unpaired) electrons. The monoisotopic (exact) mass is 498 g/mol. The van der Waals surface area contributed by atoms with E-state index in [4.69, 9.17) is 16.3 Å². The normalized spacial score (nSPS) is 17.0. The van der Waals surface area contributed by atoms with Crippen LogP contribution in [0.3, 0.4) is 0 Å². The molecule has 1 fully saturated rings. The molecule has 1 aliphatic rings. The number of anilines is 1. The van der Waals surface area contributed by atoms with Crippen LogP contribution < -0.4 is 9.64 Å². The fraction of sp³-hybridized carbons (Fsp3) is 0.0833. The number of phenolic OH excluding ortho intramolecular Hbond substituents is 1. The molecule has 9 nitrogen and oxygen atoms in total. The first-order valence-electron chi connectivity index (χ1n) is 10.0. The van der Waals surface area contributed by atoms with Crippen LogP contribution in [0.1, 0.15) is 17.2 Å². The number of hydrogen-bond donors (Lipinski definition) is 2. The first kappa shape index (κ1) is 23.7. The highest BCUT2D eigenvalue weighted by Crippen LogP contribution is 2.44. The van der Waals surface area contributed by atoms with Crippen molar-refractivity contribution in [2.45, 2.75) is 6.04 Å². The van der Waals surface area contributed by atoms with Crippen molar-refractivity contribution in [3.8, 4) is 11.5 Å². The molecule has 0 aromatic heterocycles. The maximum atomic E-state index is 13.5. The number of aliphatic hydroxyl groups excluding tert-OH is 1. The Morgan fingerprint density at radius 2 is 1.80 bits per heavy atom. The number of aliphatic hydroxyl groups is 1. The minimum absolute atomic E-state index is 0.0126. The summed E-state index contributed by atoms with van der Waals surface area (Å²) < 4.78 is 18.7. The van der Waals surface area contributed by atoms with Gasteiger partial charge in [-0.05, 0) is 54.1 Å². The number of benzene rings is 3. The summed E-state index contributed by atoms with van der Waals surface area (Å²) in [5.41, 5.74) is -0.953. The van der Waals surface area contributed by atoms with Crippen molar-refractivity contribution in [3.05, 3.63) is 98.3 Å². The highest BCUT2D eigenvalue weighted by atomic mass is 35.5. The lowest BCUT2D eigenvalue weighted by atomic mass is 9.94. The summed E-state index contributed by atoms with van der Waals surface area (Å²) in [5.74, 6) is -3.71. The van der Waals surface area contributed by atoms with Crippen molar-refractivity contribution in [2.24, 2.45) is 0 Å². The Balaban J connectivity index is 2.01. The summed E-state index contributed by atoms with van der Waals surface area (Å²) in [7, 11) is 1.39. The molecule has 3 aromatic rings. The number of ketones is 1. The van der Waals surface area contributed by atoms with E-state index in [2.05, 4.69) is 0 Å². The Bertz CT molecular complexity index is 1410. The average molecular weight is 499 g/mol. The van der Waals surface area contributed by atoms with Crippen molar-refractivity contribution in [1.82, 2.24) is 0 Å². The van der Waals surface area contributed by atoms with E-state index in [1.807, 2.05) is 0 Å². The predicted octanol–water partition coefficient (Wildman–Crippen LogP) is 4.73. The molecule has 1 atom stereocenters. The van der Waals surface area contributed by atoms with Gasteiger partial charge in [0.2, 0.25) is 0 Å². The van der Waals surface area contributed by atoms with E-state index in [0.29, 0.717) is 5.75 Å². The maximum Gasteiger partial charge on any atom is 0.311 e. The van der Waals surface area contributed by atoms with Crippen molar-refractivity contribution < 1.29 is 33.9 Å². The molecule has 1 amide bonds. The maximum absolute atomic E-state index is 13.5. The van der Waals surface area contributed by atoms with Gasteiger partial charge in [0.25, 0.3) is 11.7 Å². The lowest BCUT2D eigenvalue weighted by Gasteiger charge is -2.25. The average Bonchev–Trinajstić information content (AvgIpc) is 3.10. The number of methoxy groups -OCH3 is 1. The number of halogens is 2. The summed E-state index contributed by atoms with van der Waals surface area (Å²) in [6.45, 7) is 0. The van der Waals surface area contributed by atoms with Crippen LogP contribution in [0.15, 0.2) is 66.2 Å². The first-order chi connectivity index (χ1) is 16.6. The third-order valence-electron chi connectivity index (χ3n) is 5.49. The fourth-order valence-corrected chi connectivity index (χ4v) is 4.04. The van der Waals surface area contributed by atoms with Crippen LogP contribution in [0.4, 0.5) is 15.8 Å². The second-order valence-corrected chi connectivity index (χ2v) is 7.90. The zero-order chi connectivity index (χ0) is 25.4. The highest BCUT2D eigenvalue weighted by molar-refractivity contribution is 6.52. The van der Waals surface area contributed by atoms with E-state index in [1.165, 1.54) is 43.5 Å². The van der Waals surface area contributed by atoms with Gasteiger partial charge in [-0.2, -0.15) is 0 Å². The molecule has 35 heavy (non-hydrogen) atoms. The molecular formula is C24H16ClFN2O7. The van der Waals surface area contributed by atoms with Crippen LogP contribution in [-0.4, -0.2) is 33.9 Å². The summed E-state index contributed by atoms with van der Waals surface area (Å²) in [6.07, 6.45) is 0. The van der Waals surface area contributed by atoms with E-state index >= 15 is 0 Å². The number of carbonyl (C=O) groups is 2. The van der Waals surface area contributed by atoms with E-state index in [0.717, 1.165) is 29.2 Å². The van der Waals surface area contributed by atoms with E-state index in [-0.39, 0.29) is 21.8 Å². The molecule has 1 saturated heterocycles. The number of hydrogen-bond acceptors (Lipinski definition) is 7. The molecule has 0 aliphatic carbocycles. The van der Waals surface area contributed by atoms with Gasteiger partial charge < -0.3 is 14.9 Å². The zero-order valence-corrected chi connectivity index (χ0v) is 18.7. The Morgan fingerprint density at radius 3 is 2.43 bits per heavy atom. The minimum Gasteiger partial charge on any atom is -0.507 e. The largest absolute Gasteiger partial charge is 0.507 e. The first-order valence-corrected chi connectivity index (χ1v) is 10.4. The Kier molecular flexibility index (Phi) is 6.14. The fourth-order valence-electron chi connectivity index (χ4n) is 3.83. The van der Waals surface area contributed by atoms with Crippen molar-refractivity contribution in [2.75, 3.05) is 12.0 Å². The minimum atomic E-state index is -1.36. The van der Waals surface area contributed by atoms with E-state index in [1.54, 1.807) is 0 Å². The number of aromatic hydroxyl groups is 1. The van der Waals surface area contributed by atoms with Crippen LogP contribution in [0, 0.1) is 15.9 Å². The Labute approximate surface area is 202 Å². The molecule has 178 valence electrons. The lowest BCUT2D eigenvalue weighted by molar-refractivity contribution is -0.385. The topological polar surface area (TPSA) is 130 Å². The summed E-state index contributed by atoms with van der Waals surface area (Å²) in [5, 5.41) is 32.5. The Hall–Kier alpha value is -4.44. The molecular weight excluding hydrogens is 483 g/mol. The molecule has 0 bridgehead atoms. The number of amides is 1. The van der Waals surface area contributed by atoms with E-state index in [9.17, 15) is 34.3 Å². The predicted molar refractivity (Wildman–Crippen MR) is 124 cm³/mol. The van der Waals surface area contributed by atoms with Crippen molar-refractivity contribution in [1.29, 1.82) is 0 Å². The second kappa shape index (κ2) is 9.07. The molecule has 0 saturated carbocycles. The number of ether oxygens (including phenoxy) is 1. The van der Waals surface area contributed by atoms with Gasteiger partial charge in [-0.3, -0.25) is 24.6 Å². The number of Topliss-reactive ketones (excluding diaryl/α,β-unsaturated/α-hetero) is 1. The van der Waals surface area contributed by atoms with Gasteiger partial charge in [-0.1, -0.05) is 17.7 Å². The van der Waals surface area contributed by atoms with Crippen LogP contribution in [0.2, 0.25) is 5.02 Å². The molecule has 11 heteroatoms. The van der Waals surface area contributed by atoms with Gasteiger partial charge >= 0.3 is 5.69 Å². The van der Waals surface area contributed by atoms with Crippen molar-refractivity contribution in [3.63, 3.8) is 0 Å². The molecule has 1 aliphatic heterocycles. The number of nitro groups is 1. The smallest absolute Gasteiger partial charge is 0.311 e. The third kappa shape index (κ3) is 4.15. The highest BCUT2D eigenvalue weighted by Gasteiger charge is 2.47. The van der Waals surface area contributed by atoms with Gasteiger partial charge in [0.15, 0.2) is 5.75 Å². The van der Waals surface area contributed by atoms with Gasteiger partial charge in [-0.15, -0.1) is 0 Å². The quantitative estimate of drug-likeness (QED) is 0.171. The third-order valence-corrected chi connectivity index (χ3v) is 5.82. The number of phenols is 1. The standard InChI is InChI=1S/C24H16ClFN2O7/c1-35-15-7-8-17(25)16(11-15)22(30)20-21(12-2-9-19(29)18(10-12)28(33)34)27(24(32)23(20)31)14-5-3-13(26)4-6-14/h2-11,21,29-30H,1H3/b22-20+. The van der Waals surface area contributed by atoms with Gasteiger partial charge in [0.1, 0.15) is 17.3 Å². The molecule has 0 spiro atoms. The lowest BCUT2D eigenvalue weighted by Crippen LogP contribution is -2.29. The summed E-state index contributed by atoms with van der Waals surface area (Å²) in [6, 6.07) is 10.9. The number of rotatable bonds is 5. The van der Waals surface area contributed by atoms with E-state index < -0.39 is 51.2 Å². The number of carbonyl (C=O) groups excluding carboxylic acids is 2. The molecule has 3 aromatic carbocycles. The van der Waals surface area contributed by atoms with Gasteiger partial charge in [-0.25, -0.2) is 4.39 Å². The zero-order valence-electron chi connectivity index (χ0n) is 17.9. The number of nitro benzene ring substituents is 1. The Morgan fingerprint density at radius 1 is 1.11 bits per heavy atom. The van der Waals surface area contributed by atoms with Crippen LogP contribution >= 0.6 is 11.6 Å². The summed E-state index contributed by atoms with van der Waals surface area (Å²) >= 11 is 6.24. The summed E-state index contributed by atoms with van der Waals surface area (Å²) in [4.78, 5) is 37.9. The van der Waals surface area contributed by atoms with Crippen LogP contribution in [0.25, 0.3) is 5.76 Å². The second-order valence-electron chi connectivity index (χ2n) is 7.50.